The Morgan fingerprint density at radius 1 is 1.29 bits per heavy atom. The molecule has 0 saturated carbocycles. The molecule has 0 aliphatic heterocycles. The lowest BCUT2D eigenvalue weighted by Crippen LogP contribution is -2.23. The van der Waals surface area contributed by atoms with E-state index >= 15 is 0 Å². The van der Waals surface area contributed by atoms with Gasteiger partial charge >= 0.3 is 0 Å². The average molecular weight is 460 g/mol. The zero-order chi connectivity index (χ0) is 16.8. The monoisotopic (exact) mass is 460 g/mol. The molecule has 0 radical (unpaired) electrons. The summed E-state index contributed by atoms with van der Waals surface area (Å²) < 4.78 is 5.60. The van der Waals surface area contributed by atoms with Gasteiger partial charge in [0.25, 0.3) is 0 Å². The van der Waals surface area contributed by atoms with E-state index in [1.807, 2.05) is 45.0 Å². The van der Waals surface area contributed by atoms with Gasteiger partial charge in [0.05, 0.1) is 16.8 Å². The summed E-state index contributed by atoms with van der Waals surface area (Å²) in [5.74, 6) is 1.25. The van der Waals surface area contributed by atoms with Crippen molar-refractivity contribution in [1.82, 2.24) is 4.98 Å². The molecule has 0 bridgehead atoms. The average Bonchev–Trinajstić information content (AvgIpc) is 2.79. The maximum Gasteiger partial charge on any atom is 0.193 e. The van der Waals surface area contributed by atoms with Crippen molar-refractivity contribution >= 4 is 47.0 Å². The summed E-state index contributed by atoms with van der Waals surface area (Å²) in [6, 6.07) is 7.68. The standard InChI is InChI=1S/C17H24N4OS.HI/c1-11(2)22-15-7-5-14(6-8-15)21-17(18)19-10-9-16-20-12(3)13(4)23-16;/h5-8,11H,9-10H2,1-4H3,(H3,18,19,21);1H. The number of nitrogens with zero attached hydrogens (tertiary/aromatic N) is 2. The highest BCUT2D eigenvalue weighted by Gasteiger charge is 2.03. The fraction of sp³-hybridized carbons (Fsp3) is 0.412. The Balaban J connectivity index is 0.00000288. The first-order valence-electron chi connectivity index (χ1n) is 7.70. The smallest absolute Gasteiger partial charge is 0.193 e. The van der Waals surface area contributed by atoms with Crippen molar-refractivity contribution in [3.05, 3.63) is 39.8 Å². The number of aliphatic imine (C=N–C) groups is 1. The summed E-state index contributed by atoms with van der Waals surface area (Å²) in [5, 5.41) is 4.18. The Bertz CT molecular complexity index is 648. The number of aromatic nitrogens is 1. The summed E-state index contributed by atoms with van der Waals surface area (Å²) >= 11 is 1.72. The van der Waals surface area contributed by atoms with E-state index in [2.05, 4.69) is 22.2 Å². The quantitative estimate of drug-likeness (QED) is 0.386. The third kappa shape index (κ3) is 6.64. The third-order valence-corrected chi connectivity index (χ3v) is 4.31. The van der Waals surface area contributed by atoms with Crippen molar-refractivity contribution < 1.29 is 4.74 Å². The van der Waals surface area contributed by atoms with Crippen LogP contribution in [-0.2, 0) is 6.42 Å². The van der Waals surface area contributed by atoms with Gasteiger partial charge in [0, 0.05) is 23.5 Å². The number of nitrogens with two attached hydrogens (primary N) is 1. The minimum absolute atomic E-state index is 0. The number of rotatable bonds is 6. The lowest BCUT2D eigenvalue weighted by Gasteiger charge is -2.10. The molecule has 24 heavy (non-hydrogen) atoms. The van der Waals surface area contributed by atoms with Crippen LogP contribution in [0.5, 0.6) is 5.75 Å². The SMILES string of the molecule is Cc1nc(CCN=C(N)Nc2ccc(OC(C)C)cc2)sc1C.I. The number of nitrogens with one attached hydrogen (secondary N) is 1. The van der Waals surface area contributed by atoms with E-state index in [1.54, 1.807) is 11.3 Å². The van der Waals surface area contributed by atoms with E-state index in [0.29, 0.717) is 12.5 Å². The molecular formula is C17H25IN4OS. The van der Waals surface area contributed by atoms with Crippen LogP contribution >= 0.6 is 35.3 Å². The number of anilines is 1. The number of hydrogen-bond acceptors (Lipinski definition) is 4. The molecule has 2 rings (SSSR count). The zero-order valence-corrected chi connectivity index (χ0v) is 17.6. The van der Waals surface area contributed by atoms with Crippen LogP contribution in [0.1, 0.15) is 29.4 Å². The first kappa shape index (κ1) is 20.7. The number of thiazole rings is 1. The van der Waals surface area contributed by atoms with Crippen LogP contribution in [0.25, 0.3) is 0 Å². The van der Waals surface area contributed by atoms with Gasteiger partial charge in [-0.15, -0.1) is 35.3 Å². The summed E-state index contributed by atoms with van der Waals surface area (Å²) in [6.45, 7) is 8.74. The zero-order valence-electron chi connectivity index (χ0n) is 14.5. The highest BCUT2D eigenvalue weighted by atomic mass is 127. The van der Waals surface area contributed by atoms with Gasteiger partial charge in [0.1, 0.15) is 5.75 Å². The van der Waals surface area contributed by atoms with Crippen molar-refractivity contribution in [2.75, 3.05) is 11.9 Å². The second kappa shape index (κ2) is 9.83. The Morgan fingerprint density at radius 3 is 2.50 bits per heavy atom. The van der Waals surface area contributed by atoms with E-state index < -0.39 is 0 Å². The molecule has 7 heteroatoms. The molecular weight excluding hydrogens is 435 g/mol. The van der Waals surface area contributed by atoms with Crippen molar-refractivity contribution in [2.45, 2.75) is 40.2 Å². The fourth-order valence-corrected chi connectivity index (χ4v) is 2.92. The molecule has 2 aromatic rings. The van der Waals surface area contributed by atoms with Crippen LogP contribution in [0, 0.1) is 13.8 Å². The lowest BCUT2D eigenvalue weighted by molar-refractivity contribution is 0.242. The van der Waals surface area contributed by atoms with Crippen LogP contribution in [0.15, 0.2) is 29.3 Å². The maximum atomic E-state index is 5.91. The summed E-state index contributed by atoms with van der Waals surface area (Å²) in [7, 11) is 0. The van der Waals surface area contributed by atoms with E-state index in [-0.39, 0.29) is 30.1 Å². The van der Waals surface area contributed by atoms with Crippen molar-refractivity contribution in [1.29, 1.82) is 0 Å². The van der Waals surface area contributed by atoms with Crippen molar-refractivity contribution in [3.8, 4) is 5.75 Å². The van der Waals surface area contributed by atoms with Gasteiger partial charge in [-0.1, -0.05) is 0 Å². The molecule has 0 fully saturated rings. The largest absolute Gasteiger partial charge is 0.491 e. The minimum atomic E-state index is 0. The normalized spacial score (nSPS) is 11.3. The predicted molar refractivity (Wildman–Crippen MR) is 113 cm³/mol. The van der Waals surface area contributed by atoms with E-state index in [4.69, 9.17) is 10.5 Å². The van der Waals surface area contributed by atoms with Crippen LogP contribution < -0.4 is 15.8 Å². The minimum Gasteiger partial charge on any atom is -0.491 e. The fourth-order valence-electron chi connectivity index (χ4n) is 1.99. The van der Waals surface area contributed by atoms with Gasteiger partial charge in [0.2, 0.25) is 0 Å². The summed E-state index contributed by atoms with van der Waals surface area (Å²) in [4.78, 5) is 10.1. The Hall–Kier alpha value is -1.35. The van der Waals surface area contributed by atoms with Gasteiger partial charge < -0.3 is 15.8 Å². The first-order chi connectivity index (χ1) is 10.9. The molecule has 1 heterocycles. The Labute approximate surface area is 164 Å². The highest BCUT2D eigenvalue weighted by molar-refractivity contribution is 14.0. The molecule has 0 aliphatic rings. The molecule has 0 unspecified atom stereocenters. The molecule has 3 N–H and O–H groups in total. The number of aryl methyl sites for hydroxylation is 2. The predicted octanol–water partition coefficient (Wildman–Crippen LogP) is 4.13. The summed E-state index contributed by atoms with van der Waals surface area (Å²) in [5.41, 5.74) is 7.91. The molecule has 1 aromatic carbocycles. The number of guanidine groups is 1. The molecule has 0 aliphatic carbocycles. The number of hydrogen-bond donors (Lipinski definition) is 2. The lowest BCUT2D eigenvalue weighted by atomic mass is 10.3. The van der Waals surface area contributed by atoms with E-state index in [9.17, 15) is 0 Å². The van der Waals surface area contributed by atoms with Crippen molar-refractivity contribution in [2.24, 2.45) is 10.7 Å². The number of halogens is 1. The molecule has 0 amide bonds. The molecule has 1 aromatic heterocycles. The van der Waals surface area contributed by atoms with E-state index in [0.717, 1.165) is 28.6 Å². The summed E-state index contributed by atoms with van der Waals surface area (Å²) in [6.07, 6.45) is 0.974. The highest BCUT2D eigenvalue weighted by Crippen LogP contribution is 2.17. The first-order valence-corrected chi connectivity index (χ1v) is 8.52. The van der Waals surface area contributed by atoms with E-state index in [1.165, 1.54) is 4.88 Å². The van der Waals surface area contributed by atoms with Gasteiger partial charge in [-0.3, -0.25) is 4.99 Å². The molecule has 0 saturated heterocycles. The second-order valence-corrected chi connectivity index (χ2v) is 6.87. The van der Waals surface area contributed by atoms with Gasteiger partial charge in [-0.05, 0) is 52.0 Å². The number of ether oxygens (including phenoxy) is 1. The van der Waals surface area contributed by atoms with Gasteiger partial charge in [-0.2, -0.15) is 0 Å². The van der Waals surface area contributed by atoms with Gasteiger partial charge in [0.15, 0.2) is 5.96 Å². The Morgan fingerprint density at radius 2 is 1.96 bits per heavy atom. The van der Waals surface area contributed by atoms with Crippen LogP contribution in [0.3, 0.4) is 0 Å². The molecule has 132 valence electrons. The van der Waals surface area contributed by atoms with Crippen LogP contribution in [-0.4, -0.2) is 23.6 Å². The van der Waals surface area contributed by atoms with Crippen molar-refractivity contribution in [3.63, 3.8) is 0 Å². The Kier molecular flexibility index (Phi) is 8.47. The third-order valence-electron chi connectivity index (χ3n) is 3.18. The number of benzene rings is 1. The maximum absolute atomic E-state index is 5.91. The second-order valence-electron chi connectivity index (χ2n) is 5.58. The van der Waals surface area contributed by atoms with Gasteiger partial charge in [-0.25, -0.2) is 4.98 Å². The molecule has 5 nitrogen and oxygen atoms in total. The molecule has 0 atom stereocenters. The molecule has 0 spiro atoms. The van der Waals surface area contributed by atoms with Crippen LogP contribution in [0.4, 0.5) is 5.69 Å². The topological polar surface area (TPSA) is 72.5 Å². The van der Waals surface area contributed by atoms with Crippen LogP contribution in [0.2, 0.25) is 0 Å².